The monoisotopic (exact) mass is 239 g/mol. The van der Waals surface area contributed by atoms with Crippen LogP contribution in [-0.2, 0) is 11.3 Å². The van der Waals surface area contributed by atoms with Crippen molar-refractivity contribution in [1.29, 1.82) is 0 Å². The summed E-state index contributed by atoms with van der Waals surface area (Å²) in [6.07, 6.45) is 8.64. The predicted octanol–water partition coefficient (Wildman–Crippen LogP) is 1.30. The molecule has 2 aromatic rings. The lowest BCUT2D eigenvalue weighted by Gasteiger charge is -2.01. The van der Waals surface area contributed by atoms with E-state index in [0.29, 0.717) is 0 Å². The summed E-state index contributed by atoms with van der Waals surface area (Å²) in [7, 11) is 0. The number of carbonyl (C=O) groups is 1. The number of benzene rings is 1. The molecule has 0 aliphatic rings. The lowest BCUT2D eigenvalue weighted by atomic mass is 10.1. The minimum atomic E-state index is -0.143. The molecule has 0 atom stereocenters. The molecule has 1 heterocycles. The highest BCUT2D eigenvalue weighted by Gasteiger charge is 2.04. The summed E-state index contributed by atoms with van der Waals surface area (Å²) in [6, 6.07) is 9.89. The summed E-state index contributed by atoms with van der Waals surface area (Å²) in [5, 5.41) is 6.74. The number of nitrogens with one attached hydrogen (secondary N) is 1. The molecule has 0 bridgehead atoms. The molecule has 1 aromatic heterocycles. The molecule has 90 valence electrons. The average molecular weight is 239 g/mol. The average Bonchev–Trinajstić information content (AvgIpc) is 2.86. The number of carbonyl (C=O) groups excluding carboxylic acids is 1. The van der Waals surface area contributed by atoms with E-state index >= 15 is 0 Å². The summed E-state index contributed by atoms with van der Waals surface area (Å²) in [5.74, 6) is 2.21. The summed E-state index contributed by atoms with van der Waals surface area (Å²) in [4.78, 5) is 11.4. The predicted molar refractivity (Wildman–Crippen MR) is 69.5 cm³/mol. The molecule has 18 heavy (non-hydrogen) atoms. The van der Waals surface area contributed by atoms with Gasteiger partial charge in [0.2, 0.25) is 5.91 Å². The second kappa shape index (κ2) is 5.69. The first-order chi connectivity index (χ1) is 8.79. The van der Waals surface area contributed by atoms with Crippen LogP contribution in [0, 0.1) is 12.3 Å². The van der Waals surface area contributed by atoms with Gasteiger partial charge in [-0.15, -0.1) is 6.42 Å². The summed E-state index contributed by atoms with van der Waals surface area (Å²) in [6.45, 7) is 0.417. The lowest BCUT2D eigenvalue weighted by Crippen LogP contribution is -2.27. The van der Waals surface area contributed by atoms with E-state index in [1.807, 2.05) is 36.5 Å². The van der Waals surface area contributed by atoms with Gasteiger partial charge in [-0.05, 0) is 5.56 Å². The molecule has 1 N–H and O–H groups in total. The first-order valence-corrected chi connectivity index (χ1v) is 5.57. The van der Waals surface area contributed by atoms with Gasteiger partial charge in [0, 0.05) is 11.8 Å². The Labute approximate surface area is 106 Å². The highest BCUT2D eigenvalue weighted by Crippen LogP contribution is 2.17. The minimum absolute atomic E-state index is 0.143. The van der Waals surface area contributed by atoms with Gasteiger partial charge in [0.05, 0.1) is 12.7 Å². The standard InChI is InChI=1S/C14H13N3O/c1-2-8-15-14(18)11-17-10-13(9-16-17)12-6-4-3-5-7-12/h1,3-7,9-10H,8,11H2,(H,15,18). The Bertz CT molecular complexity index is 566. The van der Waals surface area contributed by atoms with E-state index in [1.54, 1.807) is 10.9 Å². The molecule has 0 spiro atoms. The fraction of sp³-hybridized carbons (Fsp3) is 0.143. The minimum Gasteiger partial charge on any atom is -0.344 e. The van der Waals surface area contributed by atoms with Crippen molar-refractivity contribution in [3.8, 4) is 23.5 Å². The van der Waals surface area contributed by atoms with Crippen molar-refractivity contribution >= 4 is 5.91 Å². The second-order valence-electron chi connectivity index (χ2n) is 3.77. The number of hydrogen-bond acceptors (Lipinski definition) is 2. The first-order valence-electron chi connectivity index (χ1n) is 5.57. The van der Waals surface area contributed by atoms with Gasteiger partial charge in [-0.2, -0.15) is 5.10 Å². The molecule has 0 aliphatic heterocycles. The Morgan fingerprint density at radius 3 is 2.83 bits per heavy atom. The van der Waals surface area contributed by atoms with Crippen LogP contribution in [0.5, 0.6) is 0 Å². The van der Waals surface area contributed by atoms with Crippen molar-refractivity contribution in [2.45, 2.75) is 6.54 Å². The largest absolute Gasteiger partial charge is 0.344 e. The van der Waals surface area contributed by atoms with E-state index in [0.717, 1.165) is 11.1 Å². The third-order valence-corrected chi connectivity index (χ3v) is 2.43. The lowest BCUT2D eigenvalue weighted by molar-refractivity contribution is -0.121. The van der Waals surface area contributed by atoms with Crippen molar-refractivity contribution in [3.05, 3.63) is 42.7 Å². The van der Waals surface area contributed by atoms with E-state index in [-0.39, 0.29) is 19.0 Å². The van der Waals surface area contributed by atoms with Crippen LogP contribution in [0.1, 0.15) is 0 Å². The van der Waals surface area contributed by atoms with Crippen molar-refractivity contribution in [1.82, 2.24) is 15.1 Å². The van der Waals surface area contributed by atoms with Crippen LogP contribution in [-0.4, -0.2) is 22.2 Å². The fourth-order valence-electron chi connectivity index (χ4n) is 1.58. The van der Waals surface area contributed by atoms with E-state index in [9.17, 15) is 4.79 Å². The van der Waals surface area contributed by atoms with E-state index in [2.05, 4.69) is 16.3 Å². The Morgan fingerprint density at radius 2 is 2.11 bits per heavy atom. The van der Waals surface area contributed by atoms with Gasteiger partial charge >= 0.3 is 0 Å². The Kier molecular flexibility index (Phi) is 3.77. The van der Waals surface area contributed by atoms with Crippen LogP contribution in [0.15, 0.2) is 42.7 Å². The Balaban J connectivity index is 2.03. The molecule has 0 saturated carbocycles. The van der Waals surface area contributed by atoms with Gasteiger partial charge in [0.1, 0.15) is 6.54 Å². The van der Waals surface area contributed by atoms with Crippen molar-refractivity contribution in [2.24, 2.45) is 0 Å². The number of hydrogen-bond donors (Lipinski definition) is 1. The number of aromatic nitrogens is 2. The zero-order valence-corrected chi connectivity index (χ0v) is 9.84. The topological polar surface area (TPSA) is 46.9 Å². The van der Waals surface area contributed by atoms with E-state index in [4.69, 9.17) is 6.42 Å². The molecule has 4 heteroatoms. The van der Waals surface area contributed by atoms with Gasteiger partial charge in [-0.1, -0.05) is 36.3 Å². The summed E-state index contributed by atoms with van der Waals surface area (Å²) in [5.41, 5.74) is 2.06. The van der Waals surface area contributed by atoms with Gasteiger partial charge < -0.3 is 5.32 Å². The fourth-order valence-corrected chi connectivity index (χ4v) is 1.58. The molecule has 0 radical (unpaired) electrons. The van der Waals surface area contributed by atoms with Crippen LogP contribution in [0.2, 0.25) is 0 Å². The normalized spacial score (nSPS) is 9.72. The molecule has 2 rings (SSSR count). The maximum absolute atomic E-state index is 11.4. The quantitative estimate of drug-likeness (QED) is 0.817. The molecular weight excluding hydrogens is 226 g/mol. The molecule has 0 unspecified atom stereocenters. The number of nitrogens with zero attached hydrogens (tertiary/aromatic N) is 2. The van der Waals surface area contributed by atoms with Crippen molar-refractivity contribution < 1.29 is 4.79 Å². The van der Waals surface area contributed by atoms with Crippen molar-refractivity contribution in [2.75, 3.05) is 6.54 Å². The zero-order chi connectivity index (χ0) is 12.8. The van der Waals surface area contributed by atoms with Crippen LogP contribution in [0.4, 0.5) is 0 Å². The van der Waals surface area contributed by atoms with Crippen LogP contribution >= 0.6 is 0 Å². The van der Waals surface area contributed by atoms with Gasteiger partial charge in [0.25, 0.3) is 0 Å². The Morgan fingerprint density at radius 1 is 1.33 bits per heavy atom. The van der Waals surface area contributed by atoms with Gasteiger partial charge in [-0.3, -0.25) is 9.48 Å². The van der Waals surface area contributed by atoms with E-state index < -0.39 is 0 Å². The van der Waals surface area contributed by atoms with Crippen molar-refractivity contribution in [3.63, 3.8) is 0 Å². The molecule has 0 fully saturated rings. The first kappa shape index (κ1) is 11.9. The maximum Gasteiger partial charge on any atom is 0.242 e. The second-order valence-corrected chi connectivity index (χ2v) is 3.77. The zero-order valence-electron chi connectivity index (χ0n) is 9.84. The van der Waals surface area contributed by atoms with E-state index in [1.165, 1.54) is 0 Å². The third kappa shape index (κ3) is 2.98. The Hall–Kier alpha value is -2.54. The summed E-state index contributed by atoms with van der Waals surface area (Å²) < 4.78 is 1.59. The van der Waals surface area contributed by atoms with Crippen LogP contribution in [0.3, 0.4) is 0 Å². The maximum atomic E-state index is 11.4. The molecule has 1 aromatic carbocycles. The van der Waals surface area contributed by atoms with Gasteiger partial charge in [0.15, 0.2) is 0 Å². The summed E-state index contributed by atoms with van der Waals surface area (Å²) >= 11 is 0. The number of terminal acetylenes is 1. The molecule has 0 aliphatic carbocycles. The van der Waals surface area contributed by atoms with Gasteiger partial charge in [-0.25, -0.2) is 0 Å². The number of amides is 1. The van der Waals surface area contributed by atoms with Crippen LogP contribution in [0.25, 0.3) is 11.1 Å². The molecule has 4 nitrogen and oxygen atoms in total. The van der Waals surface area contributed by atoms with Crippen LogP contribution < -0.4 is 5.32 Å². The highest BCUT2D eigenvalue weighted by molar-refractivity contribution is 5.76. The molecular formula is C14H13N3O. The molecule has 1 amide bonds. The molecule has 0 saturated heterocycles. The number of rotatable bonds is 4. The smallest absolute Gasteiger partial charge is 0.242 e. The highest BCUT2D eigenvalue weighted by atomic mass is 16.2. The SMILES string of the molecule is C#CCNC(=O)Cn1cc(-c2ccccc2)cn1. The third-order valence-electron chi connectivity index (χ3n) is 2.43.